The van der Waals surface area contributed by atoms with Crippen LogP contribution in [0.2, 0.25) is 5.02 Å². The Morgan fingerprint density at radius 1 is 0.952 bits per heavy atom. The van der Waals surface area contributed by atoms with E-state index in [1.165, 1.54) is 27.8 Å². The van der Waals surface area contributed by atoms with Crippen LogP contribution in [0.3, 0.4) is 0 Å². The molecular weight excluding hydrogens is 544 g/mol. The van der Waals surface area contributed by atoms with E-state index >= 15 is 0 Å². The zero-order valence-corrected chi connectivity index (χ0v) is 25.0. The number of amides is 2. The number of fused-ring (bicyclic) bond motifs is 1. The number of carbonyl (C=O) groups is 2. The SMILES string of the molecule is O=C(N[C@@H](Cc1ccc(Cl)cc1)CN1CCC(c2ccccc2CN2CCCC2=O)CC1)[C@H]1Cc2ccccc2CN1. The van der Waals surface area contributed by atoms with E-state index in [2.05, 4.69) is 76.2 Å². The number of rotatable bonds is 9. The number of piperidine rings is 1. The Hall–Kier alpha value is -3.19. The predicted molar refractivity (Wildman–Crippen MR) is 167 cm³/mol. The molecule has 2 fully saturated rings. The number of nitrogens with one attached hydrogen (secondary N) is 2. The van der Waals surface area contributed by atoms with Crippen LogP contribution in [-0.2, 0) is 35.5 Å². The van der Waals surface area contributed by atoms with Gasteiger partial charge in [0.15, 0.2) is 0 Å². The van der Waals surface area contributed by atoms with Crippen molar-refractivity contribution in [3.63, 3.8) is 0 Å². The van der Waals surface area contributed by atoms with Gasteiger partial charge in [-0.1, -0.05) is 72.3 Å². The second kappa shape index (κ2) is 13.4. The molecule has 0 unspecified atom stereocenters. The second-order valence-electron chi connectivity index (χ2n) is 12.1. The summed E-state index contributed by atoms with van der Waals surface area (Å²) in [6.07, 6.45) is 5.28. The standard InChI is InChI=1S/C35H41ClN4O2/c36-30-13-11-25(12-14-30)20-31(38-35(42)33-21-27-6-1-2-7-28(27)22-37-33)24-39-18-15-26(16-19-39)32-9-4-3-8-29(32)23-40-17-5-10-34(40)41/h1-4,6-9,11-14,26,31,33,37H,5,10,15-24H2,(H,38,42)/t31-,33+/m0/s1. The topological polar surface area (TPSA) is 64.7 Å². The molecule has 3 heterocycles. The van der Waals surface area contributed by atoms with Gasteiger partial charge in [-0.3, -0.25) is 9.59 Å². The van der Waals surface area contributed by atoms with Crippen LogP contribution in [0.1, 0.15) is 59.4 Å². The zero-order chi connectivity index (χ0) is 28.9. The molecule has 220 valence electrons. The van der Waals surface area contributed by atoms with Crippen LogP contribution in [0.25, 0.3) is 0 Å². The van der Waals surface area contributed by atoms with Crippen LogP contribution in [0, 0.1) is 0 Å². The van der Waals surface area contributed by atoms with Crippen LogP contribution in [0.15, 0.2) is 72.8 Å². The van der Waals surface area contributed by atoms with Crippen LogP contribution in [0.5, 0.6) is 0 Å². The summed E-state index contributed by atoms with van der Waals surface area (Å²) in [5.41, 5.74) is 6.39. The molecule has 3 aromatic rings. The normalized spacial score (nSPS) is 20.4. The summed E-state index contributed by atoms with van der Waals surface area (Å²) in [6.45, 7) is 5.11. The Morgan fingerprint density at radius 2 is 1.69 bits per heavy atom. The van der Waals surface area contributed by atoms with Gasteiger partial charge in [0, 0.05) is 43.7 Å². The monoisotopic (exact) mass is 584 g/mol. The molecule has 2 atom stereocenters. The molecule has 0 bridgehead atoms. The number of hydrogen-bond donors (Lipinski definition) is 2. The van der Waals surface area contributed by atoms with Gasteiger partial charge in [0.05, 0.1) is 6.04 Å². The van der Waals surface area contributed by atoms with Crippen molar-refractivity contribution in [3.8, 4) is 0 Å². The highest BCUT2D eigenvalue weighted by Gasteiger charge is 2.29. The van der Waals surface area contributed by atoms with E-state index in [0.29, 0.717) is 18.8 Å². The van der Waals surface area contributed by atoms with Gasteiger partial charge in [0.25, 0.3) is 0 Å². The van der Waals surface area contributed by atoms with Crippen molar-refractivity contribution in [3.05, 3.63) is 106 Å². The van der Waals surface area contributed by atoms with Crippen molar-refractivity contribution in [1.29, 1.82) is 0 Å². The van der Waals surface area contributed by atoms with Crippen molar-refractivity contribution in [2.24, 2.45) is 0 Å². The Balaban J connectivity index is 1.09. The Morgan fingerprint density at radius 3 is 2.45 bits per heavy atom. The number of benzene rings is 3. The van der Waals surface area contributed by atoms with Crippen molar-refractivity contribution in [1.82, 2.24) is 20.4 Å². The van der Waals surface area contributed by atoms with Gasteiger partial charge >= 0.3 is 0 Å². The van der Waals surface area contributed by atoms with Crippen molar-refractivity contribution in [2.75, 3.05) is 26.2 Å². The molecular formula is C35H41ClN4O2. The average Bonchev–Trinajstić information content (AvgIpc) is 3.42. The van der Waals surface area contributed by atoms with Gasteiger partial charge in [-0.2, -0.15) is 0 Å². The van der Waals surface area contributed by atoms with Crippen LogP contribution >= 0.6 is 11.6 Å². The summed E-state index contributed by atoms with van der Waals surface area (Å²) in [6, 6.07) is 24.8. The molecule has 3 aliphatic heterocycles. The number of nitrogens with zero attached hydrogens (tertiary/aromatic N) is 2. The van der Waals surface area contributed by atoms with E-state index in [1.807, 2.05) is 17.0 Å². The minimum absolute atomic E-state index is 0.00246. The molecule has 2 saturated heterocycles. The molecule has 3 aromatic carbocycles. The van der Waals surface area contributed by atoms with Gasteiger partial charge in [-0.25, -0.2) is 0 Å². The fourth-order valence-corrected chi connectivity index (χ4v) is 7.03. The minimum Gasteiger partial charge on any atom is -0.350 e. The third-order valence-electron chi connectivity index (χ3n) is 9.23. The first-order valence-corrected chi connectivity index (χ1v) is 15.8. The van der Waals surface area contributed by atoms with E-state index in [4.69, 9.17) is 11.6 Å². The van der Waals surface area contributed by atoms with Crippen LogP contribution < -0.4 is 10.6 Å². The van der Waals surface area contributed by atoms with Crippen LogP contribution in [-0.4, -0.2) is 59.9 Å². The molecule has 0 radical (unpaired) electrons. The molecule has 6 rings (SSSR count). The summed E-state index contributed by atoms with van der Waals surface area (Å²) in [4.78, 5) is 30.3. The van der Waals surface area contributed by atoms with Gasteiger partial charge in [0.1, 0.15) is 0 Å². The van der Waals surface area contributed by atoms with Crippen LogP contribution in [0.4, 0.5) is 0 Å². The van der Waals surface area contributed by atoms with Crippen molar-refractivity contribution < 1.29 is 9.59 Å². The fraction of sp³-hybridized carbons (Fsp3) is 0.429. The van der Waals surface area contributed by atoms with E-state index < -0.39 is 0 Å². The molecule has 0 spiro atoms. The summed E-state index contributed by atoms with van der Waals surface area (Å²) >= 11 is 6.16. The quantitative estimate of drug-likeness (QED) is 0.368. The lowest BCUT2D eigenvalue weighted by molar-refractivity contribution is -0.128. The van der Waals surface area contributed by atoms with E-state index in [0.717, 1.165) is 70.0 Å². The smallest absolute Gasteiger partial charge is 0.237 e. The summed E-state index contributed by atoms with van der Waals surface area (Å²) < 4.78 is 0. The molecule has 7 heteroatoms. The Bertz CT molecular complexity index is 1390. The number of halogens is 1. The Kier molecular flexibility index (Phi) is 9.23. The molecule has 2 N–H and O–H groups in total. The first kappa shape index (κ1) is 28.9. The maximum Gasteiger partial charge on any atom is 0.237 e. The highest BCUT2D eigenvalue weighted by molar-refractivity contribution is 6.30. The summed E-state index contributed by atoms with van der Waals surface area (Å²) in [5.74, 6) is 0.843. The first-order valence-electron chi connectivity index (χ1n) is 15.4. The van der Waals surface area contributed by atoms with Gasteiger partial charge in [-0.05, 0) is 91.1 Å². The lowest BCUT2D eigenvalue weighted by Gasteiger charge is -2.36. The zero-order valence-electron chi connectivity index (χ0n) is 24.2. The van der Waals surface area contributed by atoms with Gasteiger partial charge in [0.2, 0.25) is 11.8 Å². The van der Waals surface area contributed by atoms with Gasteiger partial charge < -0.3 is 20.4 Å². The molecule has 3 aliphatic rings. The molecule has 0 aromatic heterocycles. The number of hydrogen-bond acceptors (Lipinski definition) is 4. The first-order chi connectivity index (χ1) is 20.5. The summed E-state index contributed by atoms with van der Waals surface area (Å²) in [7, 11) is 0. The third-order valence-corrected chi connectivity index (χ3v) is 9.49. The van der Waals surface area contributed by atoms with Crippen molar-refractivity contribution >= 4 is 23.4 Å². The molecule has 42 heavy (non-hydrogen) atoms. The molecule has 0 saturated carbocycles. The predicted octanol–water partition coefficient (Wildman–Crippen LogP) is 5.08. The molecule has 0 aliphatic carbocycles. The van der Waals surface area contributed by atoms with Crippen molar-refractivity contribution in [2.45, 2.75) is 69.6 Å². The lowest BCUT2D eigenvalue weighted by Crippen LogP contribution is -2.54. The van der Waals surface area contributed by atoms with E-state index in [1.54, 1.807) is 0 Å². The highest BCUT2D eigenvalue weighted by Crippen LogP contribution is 2.32. The lowest BCUT2D eigenvalue weighted by atomic mass is 9.86. The third kappa shape index (κ3) is 7.05. The van der Waals surface area contributed by atoms with E-state index in [-0.39, 0.29) is 23.9 Å². The molecule has 6 nitrogen and oxygen atoms in total. The van der Waals surface area contributed by atoms with Gasteiger partial charge in [-0.15, -0.1) is 0 Å². The Labute approximate surface area is 254 Å². The number of carbonyl (C=O) groups excluding carboxylic acids is 2. The minimum atomic E-state index is -0.225. The summed E-state index contributed by atoms with van der Waals surface area (Å²) in [5, 5.41) is 7.58. The largest absolute Gasteiger partial charge is 0.350 e. The average molecular weight is 585 g/mol. The number of likely N-dealkylation sites (tertiary alicyclic amines) is 2. The van der Waals surface area contributed by atoms with E-state index in [9.17, 15) is 9.59 Å². The fourth-order valence-electron chi connectivity index (χ4n) is 6.90. The molecule has 2 amide bonds. The maximum atomic E-state index is 13.5. The highest BCUT2D eigenvalue weighted by atomic mass is 35.5. The maximum absolute atomic E-state index is 13.5. The second-order valence-corrected chi connectivity index (χ2v) is 12.6.